The van der Waals surface area contributed by atoms with Gasteiger partial charge in [-0.15, -0.1) is 0 Å². The minimum absolute atomic E-state index is 0. The van der Waals surface area contributed by atoms with E-state index in [9.17, 15) is 9.59 Å². The molecule has 2 aromatic rings. The van der Waals surface area contributed by atoms with Gasteiger partial charge in [-0.1, -0.05) is 0 Å². The van der Waals surface area contributed by atoms with Crippen molar-refractivity contribution in [2.24, 2.45) is 0 Å². The molecule has 1 aromatic carbocycles. The summed E-state index contributed by atoms with van der Waals surface area (Å²) in [7, 11) is 0. The van der Waals surface area contributed by atoms with Gasteiger partial charge in [0.15, 0.2) is 11.4 Å². The largest absolute Gasteiger partial charge is 0.464 e. The first-order valence-corrected chi connectivity index (χ1v) is 4.47. The van der Waals surface area contributed by atoms with Gasteiger partial charge in [0.2, 0.25) is 0 Å². The molecule has 0 N–H and O–H groups in total. The van der Waals surface area contributed by atoms with Crippen LogP contribution in [-0.4, -0.2) is 5.97 Å². The van der Waals surface area contributed by atoms with Crippen molar-refractivity contribution < 1.29 is 33.4 Å². The number of ether oxygens (including phenoxy) is 1. The molecule has 0 bridgehead atoms. The van der Waals surface area contributed by atoms with Crippen LogP contribution in [0.5, 0.6) is 5.75 Å². The molecular weight excluding hydrogens is 311 g/mol. The summed E-state index contributed by atoms with van der Waals surface area (Å²) < 4.78 is 9.94. The molecule has 0 aliphatic rings. The molecule has 0 fully saturated rings. The van der Waals surface area contributed by atoms with E-state index in [1.54, 1.807) is 6.07 Å². The second-order valence-corrected chi connectivity index (χ2v) is 3.01. The number of carbonyl (C=O) groups is 1. The summed E-state index contributed by atoms with van der Waals surface area (Å²) in [5.41, 5.74) is 0.247. The monoisotopic (exact) mass is 318 g/mol. The third kappa shape index (κ3) is 2.89. The summed E-state index contributed by atoms with van der Waals surface area (Å²) in [5, 5.41) is 0.358. The molecule has 17 heavy (non-hydrogen) atoms. The van der Waals surface area contributed by atoms with Crippen molar-refractivity contribution in [3.63, 3.8) is 0 Å². The number of hydrogen-bond donors (Lipinski definition) is 0. The Bertz CT molecular complexity index is 615. The molecule has 2 rings (SSSR count). The molecule has 89 valence electrons. The maximum absolute atomic E-state index is 11.5. The van der Waals surface area contributed by atoms with Gasteiger partial charge in [-0.3, -0.25) is 16.2 Å². The smallest absolute Gasteiger partial charge is 0.192 e. The first-order valence-electron chi connectivity index (χ1n) is 4.47. The molecular formula is C12H7O4Rh-. The minimum atomic E-state index is -0.695. The molecule has 5 heteroatoms. The molecule has 0 atom stereocenters. The van der Waals surface area contributed by atoms with E-state index in [4.69, 9.17) is 9.15 Å². The summed E-state index contributed by atoms with van der Waals surface area (Å²) in [4.78, 5) is 22.4. The van der Waals surface area contributed by atoms with E-state index in [0.717, 1.165) is 0 Å². The van der Waals surface area contributed by atoms with E-state index in [1.807, 2.05) is 0 Å². The van der Waals surface area contributed by atoms with Crippen molar-refractivity contribution in [3.8, 4) is 5.75 Å². The van der Waals surface area contributed by atoms with Gasteiger partial charge >= 0.3 is 0 Å². The molecule has 1 radical (unpaired) electrons. The van der Waals surface area contributed by atoms with Gasteiger partial charge in [-0.2, -0.15) is 0 Å². The third-order valence-corrected chi connectivity index (χ3v) is 1.99. The van der Waals surface area contributed by atoms with Gasteiger partial charge in [-0.25, -0.2) is 0 Å². The van der Waals surface area contributed by atoms with E-state index >= 15 is 0 Å². The number of fused-ring (bicyclic) bond motifs is 1. The van der Waals surface area contributed by atoms with E-state index in [1.165, 1.54) is 24.5 Å². The van der Waals surface area contributed by atoms with Crippen molar-refractivity contribution >= 4 is 16.9 Å². The molecule has 0 aliphatic carbocycles. The Kier molecular flexibility index (Phi) is 4.35. The van der Waals surface area contributed by atoms with Gasteiger partial charge in [0, 0.05) is 25.5 Å². The summed E-state index contributed by atoms with van der Waals surface area (Å²) in [6.07, 6.45) is 3.38. The van der Waals surface area contributed by atoms with Crippen molar-refractivity contribution in [2.45, 2.75) is 0 Å². The second-order valence-electron chi connectivity index (χ2n) is 3.01. The van der Waals surface area contributed by atoms with Gasteiger partial charge in [0.1, 0.15) is 11.3 Å². The van der Waals surface area contributed by atoms with Gasteiger partial charge < -0.3 is 15.2 Å². The zero-order chi connectivity index (χ0) is 11.5. The fourth-order valence-electron chi connectivity index (χ4n) is 1.27. The van der Waals surface area contributed by atoms with Gasteiger partial charge in [-0.05, 0) is 18.2 Å². The molecule has 1 aromatic heterocycles. The first kappa shape index (κ1) is 13.3. The molecule has 1 heterocycles. The van der Waals surface area contributed by atoms with Crippen LogP contribution in [0.3, 0.4) is 0 Å². The predicted octanol–water partition coefficient (Wildman–Crippen LogP) is 1.69. The average molecular weight is 318 g/mol. The van der Waals surface area contributed by atoms with Crippen LogP contribution in [0.25, 0.3) is 11.0 Å². The van der Waals surface area contributed by atoms with E-state index < -0.39 is 5.97 Å². The summed E-state index contributed by atoms with van der Waals surface area (Å²) in [6.45, 7) is 3.16. The molecule has 0 spiro atoms. The normalized spacial score (nSPS) is 9.41. The Hall–Kier alpha value is -1.74. The van der Waals surface area contributed by atoms with Gasteiger partial charge in [0.05, 0.1) is 11.6 Å². The maximum Gasteiger partial charge on any atom is 0.192 e. The van der Waals surface area contributed by atoms with E-state index in [0.29, 0.717) is 11.0 Å². The molecule has 4 nitrogen and oxygen atoms in total. The molecule has 0 saturated carbocycles. The van der Waals surface area contributed by atoms with Crippen LogP contribution in [-0.2, 0) is 24.3 Å². The van der Waals surface area contributed by atoms with E-state index in [-0.39, 0.29) is 30.7 Å². The number of hydrogen-bond acceptors (Lipinski definition) is 4. The Labute approximate surface area is 110 Å². The number of esters is 1. The van der Waals surface area contributed by atoms with Crippen LogP contribution in [0.15, 0.2) is 46.3 Å². The Balaban J connectivity index is 0.00000144. The van der Waals surface area contributed by atoms with Crippen LogP contribution in [0.1, 0.15) is 0 Å². The first-order chi connectivity index (χ1) is 7.70. The van der Waals surface area contributed by atoms with Crippen molar-refractivity contribution in [1.29, 1.82) is 0 Å². The van der Waals surface area contributed by atoms with Crippen LogP contribution < -0.4 is 10.2 Å². The van der Waals surface area contributed by atoms with E-state index in [2.05, 4.69) is 12.7 Å². The van der Waals surface area contributed by atoms with Gasteiger partial charge in [0.25, 0.3) is 0 Å². The third-order valence-electron chi connectivity index (χ3n) is 1.99. The maximum atomic E-state index is 11.5. The number of benzene rings is 1. The van der Waals surface area contributed by atoms with Crippen molar-refractivity contribution in [1.82, 2.24) is 0 Å². The molecule has 0 amide bonds. The zero-order valence-electron chi connectivity index (χ0n) is 8.56. The summed E-state index contributed by atoms with van der Waals surface area (Å²) in [6, 6.07) is 5.83. The molecule has 0 unspecified atom stereocenters. The summed E-state index contributed by atoms with van der Waals surface area (Å²) in [5.74, 6) is -0.438. The quantitative estimate of drug-likeness (QED) is 0.278. The van der Waals surface area contributed by atoms with Crippen LogP contribution in [0.4, 0.5) is 0 Å². The predicted molar refractivity (Wildman–Crippen MR) is 57.0 cm³/mol. The Morgan fingerprint density at radius 1 is 1.35 bits per heavy atom. The average Bonchev–Trinajstić information content (AvgIpc) is 2.30. The molecule has 0 saturated heterocycles. The van der Waals surface area contributed by atoms with Crippen LogP contribution in [0, 0.1) is 6.08 Å². The SMILES string of the molecule is C=[C-]C(=O)Oc1ccc2occc(=O)c2c1.[Rh]. The van der Waals surface area contributed by atoms with Crippen LogP contribution >= 0.6 is 0 Å². The minimum Gasteiger partial charge on any atom is -0.464 e. The standard InChI is InChI=1S/C12H7O4.Rh/c1-2-12(14)16-8-3-4-11-9(7-8)10(13)5-6-15-11;/h3-7H,1H2;/q-1;. The summed E-state index contributed by atoms with van der Waals surface area (Å²) >= 11 is 0. The van der Waals surface area contributed by atoms with Crippen molar-refractivity contribution in [3.05, 3.63) is 53.4 Å². The van der Waals surface area contributed by atoms with Crippen LogP contribution in [0.2, 0.25) is 0 Å². The fourth-order valence-corrected chi connectivity index (χ4v) is 1.27. The Morgan fingerprint density at radius 2 is 2.12 bits per heavy atom. The molecule has 0 aliphatic heterocycles. The topological polar surface area (TPSA) is 56.5 Å². The number of rotatable bonds is 2. The fraction of sp³-hybridized carbons (Fsp3) is 0. The number of carbonyl (C=O) groups excluding carboxylic acids is 1. The van der Waals surface area contributed by atoms with Crippen molar-refractivity contribution in [2.75, 3.05) is 0 Å². The Morgan fingerprint density at radius 3 is 2.82 bits per heavy atom. The second kappa shape index (κ2) is 5.55. The zero-order valence-corrected chi connectivity index (χ0v) is 10.2.